The van der Waals surface area contributed by atoms with Crippen LogP contribution in [0.1, 0.15) is 66.2 Å². The summed E-state index contributed by atoms with van der Waals surface area (Å²) in [5.74, 6) is 4.23. The van der Waals surface area contributed by atoms with Crippen LogP contribution in [0.25, 0.3) is 0 Å². The zero-order valence-electron chi connectivity index (χ0n) is 16.7. The third kappa shape index (κ3) is 3.07. The molecule has 142 valence electrons. The Morgan fingerprint density at radius 1 is 1.40 bits per heavy atom. The molecule has 0 aromatic heterocycles. The van der Waals surface area contributed by atoms with Crippen LogP contribution in [0.2, 0.25) is 0 Å². The first-order valence-corrected chi connectivity index (χ1v) is 10.3. The summed E-state index contributed by atoms with van der Waals surface area (Å²) in [6.07, 6.45) is 8.29. The molecule has 0 aromatic carbocycles. The molecule has 0 heterocycles. The van der Waals surface area contributed by atoms with Crippen LogP contribution in [-0.4, -0.2) is 17.5 Å². The van der Waals surface area contributed by atoms with E-state index in [1.807, 2.05) is 0 Å². The van der Waals surface area contributed by atoms with Crippen molar-refractivity contribution in [2.45, 2.75) is 77.3 Å². The van der Waals surface area contributed by atoms with E-state index in [4.69, 9.17) is 0 Å². The molecule has 3 aliphatic carbocycles. The standard InChI is InChI=1S/C22H38N2O/c1-14-9-10-22(23-6)16(3)7-8-18-15(2)11-17(19(14)20(18)22)12-21(4,5)24-13-25/h13,15-20H,1,6-12,23H2,2-5H3,(H,24,25)/t15-,16-,17-,18+,19-,20+,22-/m1/s1. The van der Waals surface area contributed by atoms with E-state index in [2.05, 4.69) is 52.0 Å². The van der Waals surface area contributed by atoms with Gasteiger partial charge in [0.2, 0.25) is 6.41 Å². The number of rotatable bonds is 5. The van der Waals surface area contributed by atoms with Gasteiger partial charge in [-0.2, -0.15) is 7.05 Å². The fourth-order valence-electron chi connectivity index (χ4n) is 7.02. The van der Waals surface area contributed by atoms with Gasteiger partial charge in [-0.1, -0.05) is 26.0 Å². The number of quaternary nitrogens is 1. The topological polar surface area (TPSA) is 45.7 Å². The zero-order valence-corrected chi connectivity index (χ0v) is 16.7. The Balaban J connectivity index is 1.96. The van der Waals surface area contributed by atoms with Crippen LogP contribution in [0.15, 0.2) is 12.2 Å². The van der Waals surface area contributed by atoms with E-state index in [0.717, 1.165) is 37.0 Å². The van der Waals surface area contributed by atoms with Crippen molar-refractivity contribution in [2.24, 2.45) is 35.5 Å². The van der Waals surface area contributed by atoms with Gasteiger partial charge in [0.15, 0.2) is 0 Å². The lowest BCUT2D eigenvalue weighted by atomic mass is 9.44. The molecule has 0 aliphatic heterocycles. The van der Waals surface area contributed by atoms with Crippen LogP contribution < -0.4 is 10.6 Å². The van der Waals surface area contributed by atoms with Crippen molar-refractivity contribution in [3.05, 3.63) is 19.2 Å². The molecule has 3 saturated carbocycles. The quantitative estimate of drug-likeness (QED) is 0.448. The summed E-state index contributed by atoms with van der Waals surface area (Å²) in [6, 6.07) is 0. The number of carbonyl (C=O) groups is 1. The van der Waals surface area contributed by atoms with Gasteiger partial charge in [0.05, 0.1) is 5.54 Å². The minimum absolute atomic E-state index is 0.145. The summed E-state index contributed by atoms with van der Waals surface area (Å²) >= 11 is 0. The summed E-state index contributed by atoms with van der Waals surface area (Å²) in [4.78, 5) is 11.0. The molecule has 3 aliphatic rings. The molecule has 1 amide bonds. The summed E-state index contributed by atoms with van der Waals surface area (Å²) in [5.41, 5.74) is 1.62. The van der Waals surface area contributed by atoms with Gasteiger partial charge in [-0.3, -0.25) is 4.79 Å². The summed E-state index contributed by atoms with van der Waals surface area (Å²) in [7, 11) is 4.33. The lowest BCUT2D eigenvalue weighted by molar-refractivity contribution is -0.703. The minimum atomic E-state index is -0.145. The molecule has 3 fully saturated rings. The van der Waals surface area contributed by atoms with Crippen LogP contribution >= 0.6 is 0 Å². The number of allylic oxidation sites excluding steroid dienone is 1. The number of amides is 1. The summed E-state index contributed by atoms with van der Waals surface area (Å²) < 4.78 is 0. The van der Waals surface area contributed by atoms with Gasteiger partial charge in [0.25, 0.3) is 0 Å². The van der Waals surface area contributed by atoms with E-state index in [0.29, 0.717) is 23.3 Å². The fourth-order valence-corrected chi connectivity index (χ4v) is 7.02. The maximum atomic E-state index is 11.0. The first kappa shape index (κ1) is 18.9. The zero-order chi connectivity index (χ0) is 18.4. The van der Waals surface area contributed by atoms with Gasteiger partial charge >= 0.3 is 0 Å². The number of hydrogen-bond acceptors (Lipinski definition) is 1. The van der Waals surface area contributed by atoms with E-state index in [1.54, 1.807) is 0 Å². The lowest BCUT2D eigenvalue weighted by Gasteiger charge is -2.62. The molecule has 0 spiro atoms. The molecule has 0 bridgehead atoms. The van der Waals surface area contributed by atoms with Crippen LogP contribution in [0.5, 0.6) is 0 Å². The van der Waals surface area contributed by atoms with Gasteiger partial charge in [-0.05, 0) is 69.6 Å². The Hall–Kier alpha value is -0.830. The van der Waals surface area contributed by atoms with Gasteiger partial charge in [0, 0.05) is 23.8 Å². The first-order chi connectivity index (χ1) is 11.8. The fraction of sp³-hybridized carbons (Fsp3) is 0.818. The van der Waals surface area contributed by atoms with Crippen molar-refractivity contribution < 1.29 is 10.1 Å². The SMILES string of the molecule is C=C1CC[C@]2([NH2+][CH2-])[C@H]3[C@@H](CC[C@H]2C)[C@H](C)C[C@H](CC(C)(C)NC=O)[C@@H]13. The van der Waals surface area contributed by atoms with Crippen molar-refractivity contribution in [1.82, 2.24) is 5.32 Å². The molecule has 3 rings (SSSR count). The molecule has 3 heteroatoms. The molecule has 0 aromatic rings. The van der Waals surface area contributed by atoms with E-state index in [-0.39, 0.29) is 5.54 Å². The Labute approximate surface area is 154 Å². The van der Waals surface area contributed by atoms with Gasteiger partial charge in [-0.25, -0.2) is 0 Å². The highest BCUT2D eigenvalue weighted by molar-refractivity contribution is 5.47. The van der Waals surface area contributed by atoms with Crippen molar-refractivity contribution >= 4 is 6.41 Å². The predicted molar refractivity (Wildman–Crippen MR) is 102 cm³/mol. The smallest absolute Gasteiger partial charge is 0.207 e. The van der Waals surface area contributed by atoms with E-state index < -0.39 is 0 Å². The molecule has 7 atom stereocenters. The number of nitrogens with two attached hydrogens (primary N) is 1. The molecular weight excluding hydrogens is 308 g/mol. The monoisotopic (exact) mass is 346 g/mol. The average Bonchev–Trinajstić information content (AvgIpc) is 2.54. The number of carbonyl (C=O) groups excluding carboxylic acids is 1. The third-order valence-corrected chi connectivity index (χ3v) is 8.19. The Morgan fingerprint density at radius 3 is 2.76 bits per heavy atom. The summed E-state index contributed by atoms with van der Waals surface area (Å²) in [5, 5.41) is 5.38. The van der Waals surface area contributed by atoms with Crippen LogP contribution in [0, 0.1) is 42.6 Å². The highest BCUT2D eigenvalue weighted by Crippen LogP contribution is 2.60. The number of hydrogen-bond donors (Lipinski definition) is 2. The van der Waals surface area contributed by atoms with Gasteiger partial charge < -0.3 is 10.6 Å². The minimum Gasteiger partial charge on any atom is -0.473 e. The Kier molecular flexibility index (Phi) is 5.09. The van der Waals surface area contributed by atoms with Gasteiger partial charge in [0.1, 0.15) is 0 Å². The normalized spacial score (nSPS) is 44.1. The van der Waals surface area contributed by atoms with Crippen LogP contribution in [0.4, 0.5) is 0 Å². The molecule has 0 radical (unpaired) electrons. The van der Waals surface area contributed by atoms with Crippen LogP contribution in [-0.2, 0) is 4.79 Å². The van der Waals surface area contributed by atoms with Crippen molar-refractivity contribution in [2.75, 3.05) is 0 Å². The first-order valence-electron chi connectivity index (χ1n) is 10.3. The summed E-state index contributed by atoms with van der Waals surface area (Å²) in [6.45, 7) is 13.8. The maximum Gasteiger partial charge on any atom is 0.207 e. The Morgan fingerprint density at radius 2 is 2.12 bits per heavy atom. The second-order valence-corrected chi connectivity index (χ2v) is 9.99. The molecular formula is C22H38N2O. The molecule has 3 N–H and O–H groups in total. The van der Waals surface area contributed by atoms with Crippen molar-refractivity contribution in [3.63, 3.8) is 0 Å². The maximum absolute atomic E-state index is 11.0. The molecule has 0 unspecified atom stereocenters. The lowest BCUT2D eigenvalue weighted by Crippen LogP contribution is -2.97. The molecule has 25 heavy (non-hydrogen) atoms. The second-order valence-electron chi connectivity index (χ2n) is 9.99. The van der Waals surface area contributed by atoms with Gasteiger partial charge in [-0.15, -0.1) is 0 Å². The van der Waals surface area contributed by atoms with E-state index >= 15 is 0 Å². The predicted octanol–water partition coefficient (Wildman–Crippen LogP) is 3.28. The third-order valence-electron chi connectivity index (χ3n) is 8.19. The highest BCUT2D eigenvalue weighted by Gasteiger charge is 2.60. The molecule has 3 nitrogen and oxygen atoms in total. The Bertz CT molecular complexity index is 528. The van der Waals surface area contributed by atoms with Crippen molar-refractivity contribution in [3.8, 4) is 0 Å². The largest absolute Gasteiger partial charge is 0.473 e. The van der Waals surface area contributed by atoms with Crippen molar-refractivity contribution in [1.29, 1.82) is 0 Å². The number of nitrogens with one attached hydrogen (secondary N) is 1. The van der Waals surface area contributed by atoms with E-state index in [9.17, 15) is 4.79 Å². The average molecular weight is 347 g/mol. The molecule has 0 saturated heterocycles. The second kappa shape index (κ2) is 6.72. The van der Waals surface area contributed by atoms with E-state index in [1.165, 1.54) is 31.3 Å². The highest BCUT2D eigenvalue weighted by atomic mass is 16.1. The van der Waals surface area contributed by atoms with Crippen LogP contribution in [0.3, 0.4) is 0 Å².